The summed E-state index contributed by atoms with van der Waals surface area (Å²) in [4.78, 5) is 29.5. The lowest BCUT2D eigenvalue weighted by atomic mass is 10.2. The molecule has 0 aliphatic heterocycles. The second-order valence-electron chi connectivity index (χ2n) is 7.17. The van der Waals surface area contributed by atoms with Gasteiger partial charge in [-0.2, -0.15) is 9.78 Å². The highest BCUT2D eigenvalue weighted by Gasteiger charge is 2.19. The number of carbonyl (C=O) groups is 1. The molecule has 8 nitrogen and oxygen atoms in total. The molecule has 35 heavy (non-hydrogen) atoms. The lowest BCUT2D eigenvalue weighted by Gasteiger charge is -2.14. The van der Waals surface area contributed by atoms with Gasteiger partial charge in [0.15, 0.2) is 23.9 Å². The molecule has 0 bridgehead atoms. The molecule has 0 aliphatic carbocycles. The fourth-order valence-corrected chi connectivity index (χ4v) is 3.95. The van der Waals surface area contributed by atoms with Crippen LogP contribution < -0.4 is 15.0 Å². The summed E-state index contributed by atoms with van der Waals surface area (Å²) in [7, 11) is 2.70. The van der Waals surface area contributed by atoms with Crippen molar-refractivity contribution in [1.82, 2.24) is 9.66 Å². The topological polar surface area (TPSA) is 92.0 Å². The van der Waals surface area contributed by atoms with Crippen molar-refractivity contribution in [2.45, 2.75) is 0 Å². The minimum Gasteiger partial charge on any atom is -0.493 e. The first-order valence-corrected chi connectivity index (χ1v) is 11.5. The number of benzene rings is 3. The Hall–Kier alpha value is -3.69. The summed E-state index contributed by atoms with van der Waals surface area (Å²) in [5.74, 6) is 0.258. The first-order valence-electron chi connectivity index (χ1n) is 10.3. The van der Waals surface area contributed by atoms with Gasteiger partial charge in [-0.3, -0.25) is 4.79 Å². The molecule has 0 aliphatic rings. The zero-order chi connectivity index (χ0) is 24.9. The smallest absolute Gasteiger partial charge is 0.343 e. The minimum absolute atomic E-state index is 0.165. The van der Waals surface area contributed by atoms with Crippen molar-refractivity contribution in [3.63, 3.8) is 0 Å². The monoisotopic (exact) mass is 555 g/mol. The normalized spacial score (nSPS) is 11.1. The Morgan fingerprint density at radius 3 is 2.57 bits per heavy atom. The lowest BCUT2D eigenvalue weighted by molar-refractivity contribution is -0.142. The van der Waals surface area contributed by atoms with Crippen molar-refractivity contribution in [2.24, 2.45) is 5.10 Å². The molecule has 1 heterocycles. The van der Waals surface area contributed by atoms with Crippen LogP contribution in [-0.2, 0) is 9.53 Å². The van der Waals surface area contributed by atoms with Crippen LogP contribution >= 0.6 is 27.5 Å². The van der Waals surface area contributed by atoms with E-state index < -0.39 is 5.97 Å². The van der Waals surface area contributed by atoms with Gasteiger partial charge in [0.05, 0.1) is 31.3 Å². The van der Waals surface area contributed by atoms with Crippen LogP contribution in [0.5, 0.6) is 11.5 Å². The Labute approximate surface area is 213 Å². The number of esters is 1. The molecule has 0 N–H and O–H groups in total. The molecule has 0 amide bonds. The molecule has 4 aromatic rings. The van der Waals surface area contributed by atoms with E-state index >= 15 is 0 Å². The van der Waals surface area contributed by atoms with Gasteiger partial charge in [0, 0.05) is 15.6 Å². The van der Waals surface area contributed by atoms with E-state index in [4.69, 9.17) is 21.1 Å². The number of nitrogens with zero attached hydrogens (tertiary/aromatic N) is 3. The Kier molecular flexibility index (Phi) is 7.48. The molecule has 4 rings (SSSR count). The summed E-state index contributed by atoms with van der Waals surface area (Å²) in [6.45, 7) is -0.342. The summed E-state index contributed by atoms with van der Waals surface area (Å²) in [5.41, 5.74) is 1.49. The van der Waals surface area contributed by atoms with Crippen LogP contribution in [0.1, 0.15) is 5.56 Å². The lowest BCUT2D eigenvalue weighted by Crippen LogP contribution is -2.20. The Morgan fingerprint density at radius 2 is 1.86 bits per heavy atom. The quantitative estimate of drug-likeness (QED) is 0.237. The van der Waals surface area contributed by atoms with E-state index in [0.717, 1.165) is 5.56 Å². The number of hydrogen-bond acceptors (Lipinski definition) is 7. The largest absolute Gasteiger partial charge is 0.493 e. The number of ether oxygens (including phenoxy) is 3. The van der Waals surface area contributed by atoms with E-state index in [1.807, 2.05) is 36.4 Å². The number of fused-ring (bicyclic) bond motifs is 1. The summed E-state index contributed by atoms with van der Waals surface area (Å²) >= 11 is 9.92. The van der Waals surface area contributed by atoms with E-state index in [0.29, 0.717) is 26.8 Å². The Morgan fingerprint density at radius 1 is 1.14 bits per heavy atom. The maximum Gasteiger partial charge on any atom is 0.343 e. The molecule has 3 aromatic carbocycles. The summed E-state index contributed by atoms with van der Waals surface area (Å²) < 4.78 is 17.1. The third-order valence-corrected chi connectivity index (χ3v) is 6.48. The van der Waals surface area contributed by atoms with Crippen LogP contribution in [-0.4, -0.2) is 42.7 Å². The fourth-order valence-electron chi connectivity index (χ4n) is 3.30. The highest BCUT2D eigenvalue weighted by atomic mass is 79.9. The highest BCUT2D eigenvalue weighted by molar-refractivity contribution is 9.10. The average Bonchev–Trinajstić information content (AvgIpc) is 2.89. The predicted molar refractivity (Wildman–Crippen MR) is 138 cm³/mol. The standard InChI is InChI=1S/C25H19BrClN3O5/c1-33-19-12-16(21(26)22(27)23(19)35-14-20(31)34-2)13-28-30-24(15-8-4-3-5-9-15)29-18-11-7-6-10-17(18)25(30)32/h3-13H,14H2,1-2H3. The molecule has 1 aromatic heterocycles. The Bertz CT molecular complexity index is 1490. The minimum atomic E-state index is -0.568. The van der Waals surface area contributed by atoms with Gasteiger partial charge in [0.1, 0.15) is 5.02 Å². The Balaban J connectivity index is 1.83. The number of carbonyl (C=O) groups excluding carboxylic acids is 1. The third-order valence-electron chi connectivity index (χ3n) is 5.04. The molecule has 0 atom stereocenters. The number of methoxy groups -OCH3 is 2. The SMILES string of the molecule is COC(=O)COc1c(OC)cc(C=Nn2c(-c3ccccc3)nc3ccccc3c2=O)c(Br)c1Cl. The molecule has 0 fully saturated rings. The van der Waals surface area contributed by atoms with Crippen LogP contribution in [0.2, 0.25) is 5.02 Å². The third kappa shape index (κ3) is 5.06. The summed E-state index contributed by atoms with van der Waals surface area (Å²) in [6, 6.07) is 18.0. The van der Waals surface area contributed by atoms with Crippen LogP contribution in [0, 0.1) is 0 Å². The van der Waals surface area contributed by atoms with Gasteiger partial charge in [-0.25, -0.2) is 9.78 Å². The molecular weight excluding hydrogens is 538 g/mol. The van der Waals surface area contributed by atoms with Gasteiger partial charge in [0.2, 0.25) is 0 Å². The number of halogens is 2. The highest BCUT2D eigenvalue weighted by Crippen LogP contribution is 2.42. The van der Waals surface area contributed by atoms with Crippen molar-refractivity contribution in [3.8, 4) is 22.9 Å². The molecule has 0 saturated heterocycles. The van der Waals surface area contributed by atoms with Gasteiger partial charge in [-0.1, -0.05) is 54.1 Å². The molecule has 0 unspecified atom stereocenters. The summed E-state index contributed by atoms with van der Waals surface area (Å²) in [5, 5.41) is 5.06. The van der Waals surface area contributed by atoms with Crippen molar-refractivity contribution in [3.05, 3.63) is 86.1 Å². The van der Waals surface area contributed by atoms with E-state index in [1.165, 1.54) is 25.1 Å². The van der Waals surface area contributed by atoms with Crippen LogP contribution in [0.3, 0.4) is 0 Å². The first-order chi connectivity index (χ1) is 16.9. The van der Waals surface area contributed by atoms with Crippen LogP contribution in [0.25, 0.3) is 22.3 Å². The molecular formula is C25H19BrClN3O5. The van der Waals surface area contributed by atoms with Crippen LogP contribution in [0.15, 0.2) is 75.0 Å². The van der Waals surface area contributed by atoms with E-state index in [1.54, 1.807) is 24.3 Å². The fraction of sp³-hybridized carbons (Fsp3) is 0.120. The van der Waals surface area contributed by atoms with Crippen molar-refractivity contribution >= 4 is 50.6 Å². The van der Waals surface area contributed by atoms with Gasteiger partial charge in [0.25, 0.3) is 5.56 Å². The van der Waals surface area contributed by atoms with Crippen LogP contribution in [0.4, 0.5) is 0 Å². The second-order valence-corrected chi connectivity index (χ2v) is 8.34. The zero-order valence-corrected chi connectivity index (χ0v) is 21.0. The second kappa shape index (κ2) is 10.7. The zero-order valence-electron chi connectivity index (χ0n) is 18.7. The first kappa shape index (κ1) is 24.4. The maximum absolute atomic E-state index is 13.3. The van der Waals surface area contributed by atoms with E-state index in [2.05, 4.69) is 30.8 Å². The molecule has 178 valence electrons. The summed E-state index contributed by atoms with van der Waals surface area (Å²) in [6.07, 6.45) is 1.47. The van der Waals surface area contributed by atoms with Crippen molar-refractivity contribution in [1.29, 1.82) is 0 Å². The average molecular weight is 557 g/mol. The number of hydrogen-bond donors (Lipinski definition) is 0. The molecule has 0 saturated carbocycles. The molecule has 0 spiro atoms. The number of aromatic nitrogens is 2. The van der Waals surface area contributed by atoms with E-state index in [-0.39, 0.29) is 28.7 Å². The predicted octanol–water partition coefficient (Wildman–Crippen LogP) is 4.92. The van der Waals surface area contributed by atoms with Crippen molar-refractivity contribution < 1.29 is 19.0 Å². The number of rotatable bonds is 7. The van der Waals surface area contributed by atoms with Crippen molar-refractivity contribution in [2.75, 3.05) is 20.8 Å². The van der Waals surface area contributed by atoms with Gasteiger partial charge < -0.3 is 14.2 Å². The van der Waals surface area contributed by atoms with Gasteiger partial charge >= 0.3 is 5.97 Å². The van der Waals surface area contributed by atoms with Gasteiger partial charge in [-0.15, -0.1) is 0 Å². The number of para-hydroxylation sites is 1. The molecule has 10 heteroatoms. The molecule has 0 radical (unpaired) electrons. The van der Waals surface area contributed by atoms with E-state index in [9.17, 15) is 9.59 Å². The maximum atomic E-state index is 13.3. The van der Waals surface area contributed by atoms with Gasteiger partial charge in [-0.05, 0) is 34.1 Å².